The van der Waals surface area contributed by atoms with Crippen molar-refractivity contribution in [1.82, 2.24) is 0 Å². The zero-order valence-electron chi connectivity index (χ0n) is 19.9. The van der Waals surface area contributed by atoms with E-state index in [0.717, 1.165) is 6.42 Å². The summed E-state index contributed by atoms with van der Waals surface area (Å²) in [5.74, 6) is -0.128. The Morgan fingerprint density at radius 3 is 1.68 bits per heavy atom. The van der Waals surface area contributed by atoms with Crippen LogP contribution >= 0.6 is 0 Å². The van der Waals surface area contributed by atoms with Crippen LogP contribution in [0.2, 0.25) is 13.3 Å². The molecule has 0 saturated carbocycles. The Bertz CT molecular complexity index is 370. The maximum absolute atomic E-state index is 11.6. The van der Waals surface area contributed by atoms with E-state index in [4.69, 9.17) is 4.74 Å². The average molecular weight is 501 g/mol. The number of hydrogen-bond acceptors (Lipinski definition) is 2. The van der Waals surface area contributed by atoms with Gasteiger partial charge in [0.2, 0.25) is 0 Å². The number of carbonyl (C=O) groups is 1. The fourth-order valence-electron chi connectivity index (χ4n) is 4.06. The van der Waals surface area contributed by atoms with Gasteiger partial charge in [0.05, 0.1) is 0 Å². The molecule has 28 heavy (non-hydrogen) atoms. The number of esters is 1. The summed E-state index contributed by atoms with van der Waals surface area (Å²) in [6, 6.07) is 0. The van der Waals surface area contributed by atoms with Crippen LogP contribution in [0, 0.1) is 0 Å². The van der Waals surface area contributed by atoms with Crippen LogP contribution in [0.1, 0.15) is 118 Å². The summed E-state index contributed by atoms with van der Waals surface area (Å²) in [4.78, 5) is 11.6. The fraction of sp³-hybridized carbons (Fsp3) is 0.880. The molecular weight excluding hydrogens is 451 g/mol. The van der Waals surface area contributed by atoms with Gasteiger partial charge < -0.3 is 0 Å². The quantitative estimate of drug-likeness (QED) is 0.101. The first-order valence-corrected chi connectivity index (χ1v) is 20.1. The first-order chi connectivity index (χ1) is 13.5. The Labute approximate surface area is 181 Å². The third-order valence-electron chi connectivity index (χ3n) is 5.91. The predicted molar refractivity (Wildman–Crippen MR) is 128 cm³/mol. The second kappa shape index (κ2) is 19.0. The molecule has 0 fully saturated rings. The summed E-state index contributed by atoms with van der Waals surface area (Å²) in [6.45, 7) is 10.8. The van der Waals surface area contributed by atoms with E-state index in [1.54, 1.807) is 6.92 Å². The monoisotopic (exact) mass is 502 g/mol. The van der Waals surface area contributed by atoms with Crippen LogP contribution in [0.15, 0.2) is 10.2 Å². The minimum absolute atomic E-state index is 0.00429. The van der Waals surface area contributed by atoms with E-state index in [-0.39, 0.29) is 12.1 Å². The molecule has 1 atom stereocenters. The Morgan fingerprint density at radius 2 is 1.21 bits per heavy atom. The normalized spacial score (nSPS) is 13.2. The number of rotatable bonds is 19. The van der Waals surface area contributed by atoms with Crippen molar-refractivity contribution in [3.8, 4) is 0 Å². The summed E-state index contributed by atoms with van der Waals surface area (Å²) in [5, 5.41) is 0. The van der Waals surface area contributed by atoms with Gasteiger partial charge in [-0.25, -0.2) is 0 Å². The van der Waals surface area contributed by atoms with Crippen LogP contribution in [0.5, 0.6) is 0 Å². The van der Waals surface area contributed by atoms with E-state index in [1.165, 1.54) is 90.4 Å². The van der Waals surface area contributed by atoms with E-state index in [9.17, 15) is 4.79 Å². The molecule has 3 heteroatoms. The van der Waals surface area contributed by atoms with Gasteiger partial charge in [0.25, 0.3) is 0 Å². The van der Waals surface area contributed by atoms with E-state index >= 15 is 0 Å². The summed E-state index contributed by atoms with van der Waals surface area (Å²) < 4.78 is 12.8. The molecular formula is C25H50O2Sn. The number of unbranched alkanes of at least 4 members (excludes halogenated alkanes) is 8. The van der Waals surface area contributed by atoms with Crippen LogP contribution in [0.3, 0.4) is 0 Å². The summed E-state index contributed by atoms with van der Waals surface area (Å²) in [7, 11) is 0. The molecule has 0 amide bonds. The van der Waals surface area contributed by atoms with Crippen molar-refractivity contribution in [2.45, 2.75) is 138 Å². The SMILES string of the molecule is CCCCCCCC[C@@H](/C=[CH]/[Sn]([CH2]CCC)([CH2]CCC)[CH2]CCC)OC(C)=O. The summed E-state index contributed by atoms with van der Waals surface area (Å²) in [6.07, 6.45) is 19.1. The van der Waals surface area contributed by atoms with Crippen molar-refractivity contribution < 1.29 is 9.53 Å². The average Bonchev–Trinajstić information content (AvgIpc) is 2.68. The van der Waals surface area contributed by atoms with Crippen LogP contribution in [0.4, 0.5) is 0 Å². The molecule has 0 saturated heterocycles. The molecule has 0 aromatic rings. The fourth-order valence-corrected chi connectivity index (χ4v) is 18.5. The molecule has 0 radical (unpaired) electrons. The second-order valence-electron chi connectivity index (χ2n) is 8.74. The van der Waals surface area contributed by atoms with Crippen molar-refractivity contribution in [2.24, 2.45) is 0 Å². The van der Waals surface area contributed by atoms with Gasteiger partial charge in [-0.3, -0.25) is 0 Å². The van der Waals surface area contributed by atoms with E-state index in [0.29, 0.717) is 0 Å². The van der Waals surface area contributed by atoms with Crippen molar-refractivity contribution in [3.63, 3.8) is 0 Å². The molecule has 166 valence electrons. The third-order valence-corrected chi connectivity index (χ3v) is 20.0. The van der Waals surface area contributed by atoms with Gasteiger partial charge in [-0.2, -0.15) is 0 Å². The van der Waals surface area contributed by atoms with Crippen molar-refractivity contribution in [3.05, 3.63) is 10.2 Å². The Hall–Kier alpha value is 0.00870. The van der Waals surface area contributed by atoms with Gasteiger partial charge in [-0.1, -0.05) is 0 Å². The van der Waals surface area contributed by atoms with Crippen LogP contribution in [-0.2, 0) is 9.53 Å². The zero-order valence-corrected chi connectivity index (χ0v) is 22.7. The number of hydrogen-bond donors (Lipinski definition) is 0. The molecule has 0 bridgehead atoms. The Balaban J connectivity index is 5.01. The molecule has 0 rings (SSSR count). The minimum atomic E-state index is -2.28. The van der Waals surface area contributed by atoms with Gasteiger partial charge in [-0.05, 0) is 0 Å². The molecule has 2 nitrogen and oxygen atoms in total. The van der Waals surface area contributed by atoms with E-state index in [2.05, 4.69) is 37.9 Å². The van der Waals surface area contributed by atoms with Crippen molar-refractivity contribution in [2.75, 3.05) is 0 Å². The standard InChI is InChI=1S/C13H23O2.3C4H9.Sn/c1-4-6-7-8-9-10-11-13(5-2)15-12(3)14;3*1-3-4-2;/h2,5,13H,4,6-11H2,1,3H3;3*1,3-4H2,2H3;/t13-;;;;/m1..../s1. The van der Waals surface area contributed by atoms with Crippen molar-refractivity contribution in [1.29, 1.82) is 0 Å². The first kappa shape index (κ1) is 28.0. The maximum atomic E-state index is 11.6. The molecule has 0 aromatic carbocycles. The molecule has 0 aliphatic carbocycles. The van der Waals surface area contributed by atoms with Crippen LogP contribution in [-0.4, -0.2) is 30.5 Å². The van der Waals surface area contributed by atoms with E-state index < -0.39 is 18.4 Å². The third kappa shape index (κ3) is 14.9. The molecule has 0 aliphatic heterocycles. The van der Waals surface area contributed by atoms with Gasteiger partial charge in [0, 0.05) is 0 Å². The molecule has 0 spiro atoms. The van der Waals surface area contributed by atoms with Gasteiger partial charge in [-0.15, -0.1) is 0 Å². The molecule has 0 N–H and O–H groups in total. The van der Waals surface area contributed by atoms with E-state index in [1.807, 2.05) is 0 Å². The topological polar surface area (TPSA) is 26.3 Å². The van der Waals surface area contributed by atoms with Gasteiger partial charge in [0.1, 0.15) is 0 Å². The molecule has 0 aliphatic rings. The van der Waals surface area contributed by atoms with Gasteiger partial charge in [0.15, 0.2) is 0 Å². The van der Waals surface area contributed by atoms with Crippen LogP contribution < -0.4 is 0 Å². The first-order valence-electron chi connectivity index (χ1n) is 12.4. The number of carbonyl (C=O) groups excluding carboxylic acids is 1. The second-order valence-corrected chi connectivity index (χ2v) is 21.7. The summed E-state index contributed by atoms with van der Waals surface area (Å²) in [5.41, 5.74) is 0. The summed E-state index contributed by atoms with van der Waals surface area (Å²) >= 11 is -2.28. The number of ether oxygens (including phenoxy) is 1. The zero-order chi connectivity index (χ0) is 21.1. The predicted octanol–water partition coefficient (Wildman–Crippen LogP) is 8.61. The molecule has 0 aromatic heterocycles. The Morgan fingerprint density at radius 1 is 0.750 bits per heavy atom. The van der Waals surface area contributed by atoms with Gasteiger partial charge >= 0.3 is 182 Å². The molecule has 0 heterocycles. The Kier molecular flexibility index (Phi) is 19.0. The van der Waals surface area contributed by atoms with Crippen molar-refractivity contribution >= 4 is 24.3 Å². The van der Waals surface area contributed by atoms with Crippen LogP contribution in [0.25, 0.3) is 0 Å². The molecule has 0 unspecified atom stereocenters.